The molecule has 1 N–H and O–H groups in total. The number of anilines is 1. The Morgan fingerprint density at radius 2 is 1.66 bits per heavy atom. The fourth-order valence-electron chi connectivity index (χ4n) is 3.62. The minimum atomic E-state index is -0.562. The largest absolute Gasteiger partial charge is 0.317 e. The molecule has 9 heteroatoms. The van der Waals surface area contributed by atoms with E-state index in [1.165, 1.54) is 11.0 Å². The molecule has 1 aliphatic heterocycles. The van der Waals surface area contributed by atoms with Gasteiger partial charge in [-0.1, -0.05) is 41.4 Å². The molecule has 1 aliphatic rings. The number of carbonyl (C=O) groups excluding carboxylic acids is 2. The summed E-state index contributed by atoms with van der Waals surface area (Å²) in [6.45, 7) is 3.90. The molecule has 1 fully saturated rings. The molecule has 0 atom stereocenters. The average Bonchev–Trinajstić information content (AvgIpc) is 2.96. The highest BCUT2D eigenvalue weighted by Crippen LogP contribution is 2.34. The molecule has 0 spiro atoms. The van der Waals surface area contributed by atoms with Gasteiger partial charge in [-0.25, -0.2) is 0 Å². The lowest BCUT2D eigenvalue weighted by Crippen LogP contribution is -2.54. The van der Waals surface area contributed by atoms with Gasteiger partial charge in [0.25, 0.3) is 11.8 Å². The number of hydrogen-bond donors (Lipinski definition) is 1. The molecule has 4 rings (SSSR count). The average molecular weight is 549 g/mol. The molecule has 32 heavy (non-hydrogen) atoms. The Balaban J connectivity index is 1.81. The fraction of sp³-hybridized carbons (Fsp3) is 0.0870. The number of nitrogens with zero attached hydrogens (tertiary/aromatic N) is 2. The van der Waals surface area contributed by atoms with Crippen LogP contribution >= 0.6 is 51.3 Å². The van der Waals surface area contributed by atoms with Crippen LogP contribution in [0, 0.1) is 13.8 Å². The maximum absolute atomic E-state index is 13.3. The molecule has 2 aromatic carbocycles. The highest BCUT2D eigenvalue weighted by atomic mass is 79.9. The maximum Gasteiger partial charge on any atom is 0.270 e. The van der Waals surface area contributed by atoms with E-state index in [4.69, 9.17) is 35.4 Å². The van der Waals surface area contributed by atoms with Crippen molar-refractivity contribution < 1.29 is 9.59 Å². The van der Waals surface area contributed by atoms with Gasteiger partial charge in [-0.05, 0) is 78.4 Å². The lowest BCUT2D eigenvalue weighted by Gasteiger charge is -2.29. The van der Waals surface area contributed by atoms with E-state index >= 15 is 0 Å². The number of carbonyl (C=O) groups is 2. The molecule has 0 bridgehead atoms. The Labute approximate surface area is 208 Å². The lowest BCUT2D eigenvalue weighted by atomic mass is 10.1. The van der Waals surface area contributed by atoms with Crippen molar-refractivity contribution >= 4 is 80.0 Å². The summed E-state index contributed by atoms with van der Waals surface area (Å²) < 4.78 is 2.85. The van der Waals surface area contributed by atoms with Crippen LogP contribution in [0.15, 0.2) is 58.6 Å². The van der Waals surface area contributed by atoms with Crippen molar-refractivity contribution in [2.24, 2.45) is 0 Å². The van der Waals surface area contributed by atoms with E-state index in [9.17, 15) is 9.59 Å². The number of rotatable bonds is 3. The van der Waals surface area contributed by atoms with Gasteiger partial charge >= 0.3 is 0 Å². The van der Waals surface area contributed by atoms with Gasteiger partial charge in [0, 0.05) is 27.1 Å². The summed E-state index contributed by atoms with van der Waals surface area (Å²) in [7, 11) is 0. The standard InChI is InChI=1S/C23H16BrCl2N3O2S/c1-12-16(20(24)13(2)28(12)14-6-4-3-5-7-14)11-17-21(30)27-23(32)29(22(17)31)15-8-9-18(25)19(26)10-15/h3-11H,1-2H3,(H,27,30,32)/b17-11+. The quantitative estimate of drug-likeness (QED) is 0.248. The topological polar surface area (TPSA) is 54.3 Å². The molecule has 2 heterocycles. The van der Waals surface area contributed by atoms with E-state index in [1.807, 2.05) is 44.2 Å². The first-order chi connectivity index (χ1) is 15.2. The third kappa shape index (κ3) is 3.90. The van der Waals surface area contributed by atoms with Gasteiger partial charge in [0.05, 0.1) is 15.7 Å². The van der Waals surface area contributed by atoms with Crippen LogP contribution in [0.3, 0.4) is 0 Å². The second-order valence-corrected chi connectivity index (χ2v) is 9.12. The molecular weight excluding hydrogens is 533 g/mol. The molecule has 162 valence electrons. The van der Waals surface area contributed by atoms with E-state index in [1.54, 1.807) is 18.2 Å². The summed E-state index contributed by atoms with van der Waals surface area (Å²) in [5.41, 5.74) is 3.90. The number of amides is 2. The minimum absolute atomic E-state index is 0.0237. The van der Waals surface area contributed by atoms with Gasteiger partial charge in [0.1, 0.15) is 5.57 Å². The normalized spacial score (nSPS) is 15.5. The Bertz CT molecular complexity index is 1320. The first-order valence-corrected chi connectivity index (χ1v) is 11.5. The van der Waals surface area contributed by atoms with Gasteiger partial charge in [0.2, 0.25) is 0 Å². The number of hydrogen-bond acceptors (Lipinski definition) is 3. The van der Waals surface area contributed by atoms with E-state index < -0.39 is 11.8 Å². The fourth-order valence-corrected chi connectivity index (χ4v) is 4.77. The minimum Gasteiger partial charge on any atom is -0.317 e. The van der Waals surface area contributed by atoms with Crippen LogP contribution < -0.4 is 10.2 Å². The summed E-state index contributed by atoms with van der Waals surface area (Å²) in [6, 6.07) is 14.5. The highest BCUT2D eigenvalue weighted by molar-refractivity contribution is 9.10. The molecule has 0 aliphatic carbocycles. The third-order valence-electron chi connectivity index (χ3n) is 5.18. The molecule has 1 saturated heterocycles. The Hall–Kier alpha value is -2.45. The third-order valence-corrected chi connectivity index (χ3v) is 7.21. The Morgan fingerprint density at radius 3 is 2.31 bits per heavy atom. The zero-order chi connectivity index (χ0) is 23.2. The van der Waals surface area contributed by atoms with Crippen LogP contribution in [0.4, 0.5) is 5.69 Å². The number of thiocarbonyl (C=S) groups is 1. The number of nitrogens with one attached hydrogen (secondary N) is 1. The Morgan fingerprint density at radius 1 is 0.969 bits per heavy atom. The molecule has 2 amide bonds. The summed E-state index contributed by atoms with van der Waals surface area (Å²) in [5, 5.41) is 3.19. The van der Waals surface area contributed by atoms with Crippen molar-refractivity contribution in [3.8, 4) is 5.69 Å². The summed E-state index contributed by atoms with van der Waals surface area (Å²) in [5.74, 6) is -1.11. The van der Waals surface area contributed by atoms with Crippen LogP contribution in [-0.2, 0) is 9.59 Å². The molecule has 0 unspecified atom stereocenters. The lowest BCUT2D eigenvalue weighted by molar-refractivity contribution is -0.122. The second-order valence-electron chi connectivity index (χ2n) is 7.13. The number of para-hydroxylation sites is 1. The molecule has 0 saturated carbocycles. The SMILES string of the molecule is Cc1c(Br)c(/C=C2\C(=O)NC(=S)N(c3ccc(Cl)c(Cl)c3)C2=O)c(C)n1-c1ccccc1. The first-order valence-electron chi connectivity index (χ1n) is 9.50. The molecule has 5 nitrogen and oxygen atoms in total. The smallest absolute Gasteiger partial charge is 0.270 e. The number of halogens is 3. The number of benzene rings is 2. The summed E-state index contributed by atoms with van der Waals surface area (Å²) >= 11 is 21.0. The van der Waals surface area contributed by atoms with Crippen molar-refractivity contribution in [3.05, 3.63) is 85.6 Å². The summed E-state index contributed by atoms with van der Waals surface area (Å²) in [4.78, 5) is 27.3. The van der Waals surface area contributed by atoms with Crippen molar-refractivity contribution in [1.82, 2.24) is 9.88 Å². The summed E-state index contributed by atoms with van der Waals surface area (Å²) in [6.07, 6.45) is 1.58. The van der Waals surface area contributed by atoms with Crippen molar-refractivity contribution in [2.75, 3.05) is 4.90 Å². The van der Waals surface area contributed by atoms with Gasteiger partial charge in [-0.2, -0.15) is 0 Å². The maximum atomic E-state index is 13.3. The van der Waals surface area contributed by atoms with E-state index in [0.29, 0.717) is 10.7 Å². The zero-order valence-corrected chi connectivity index (χ0v) is 20.9. The van der Waals surface area contributed by atoms with Crippen molar-refractivity contribution in [3.63, 3.8) is 0 Å². The molecule has 3 aromatic rings. The van der Waals surface area contributed by atoms with Gasteiger partial charge in [-0.15, -0.1) is 0 Å². The molecule has 1 aromatic heterocycles. The molecular formula is C23H16BrCl2N3O2S. The van der Waals surface area contributed by atoms with Crippen molar-refractivity contribution in [1.29, 1.82) is 0 Å². The number of aromatic nitrogens is 1. The van der Waals surface area contributed by atoms with Crippen LogP contribution in [0.25, 0.3) is 11.8 Å². The highest BCUT2D eigenvalue weighted by Gasteiger charge is 2.35. The monoisotopic (exact) mass is 547 g/mol. The molecule has 0 radical (unpaired) electrons. The predicted octanol–water partition coefficient (Wildman–Crippen LogP) is 5.99. The van der Waals surface area contributed by atoms with Gasteiger partial charge < -0.3 is 4.57 Å². The van der Waals surface area contributed by atoms with E-state index in [2.05, 4.69) is 25.8 Å². The van der Waals surface area contributed by atoms with Crippen LogP contribution in [0.2, 0.25) is 10.0 Å². The van der Waals surface area contributed by atoms with Crippen LogP contribution in [0.1, 0.15) is 17.0 Å². The van der Waals surface area contributed by atoms with Crippen LogP contribution in [-0.4, -0.2) is 21.5 Å². The zero-order valence-electron chi connectivity index (χ0n) is 16.9. The van der Waals surface area contributed by atoms with Gasteiger partial charge in [0.15, 0.2) is 5.11 Å². The predicted molar refractivity (Wildman–Crippen MR) is 136 cm³/mol. The van der Waals surface area contributed by atoms with E-state index in [-0.39, 0.29) is 15.7 Å². The Kier molecular flexibility index (Phi) is 6.27. The van der Waals surface area contributed by atoms with Crippen molar-refractivity contribution in [2.45, 2.75) is 13.8 Å². The van der Waals surface area contributed by atoms with E-state index in [0.717, 1.165) is 27.1 Å². The van der Waals surface area contributed by atoms with Crippen LogP contribution in [0.5, 0.6) is 0 Å². The first kappa shape index (κ1) is 22.7. The second kappa shape index (κ2) is 8.83. The van der Waals surface area contributed by atoms with Gasteiger partial charge in [-0.3, -0.25) is 19.8 Å².